The molecule has 0 aliphatic rings. The van der Waals surface area contributed by atoms with Gasteiger partial charge in [-0.3, -0.25) is 0 Å². The van der Waals surface area contributed by atoms with Gasteiger partial charge in [-0.15, -0.1) is 0 Å². The zero-order chi connectivity index (χ0) is 14.2. The van der Waals surface area contributed by atoms with Gasteiger partial charge in [0.25, 0.3) is 0 Å². The molecule has 0 fully saturated rings. The number of hydrogen-bond donors (Lipinski definition) is 1. The van der Waals surface area contributed by atoms with Crippen LogP contribution >= 0.6 is 0 Å². The van der Waals surface area contributed by atoms with E-state index in [1.807, 2.05) is 0 Å². The Hall–Kier alpha value is -1.60. The highest BCUT2D eigenvalue weighted by Gasteiger charge is 2.12. The Morgan fingerprint density at radius 3 is 1.84 bits per heavy atom. The summed E-state index contributed by atoms with van der Waals surface area (Å²) >= 11 is 0. The monoisotopic (exact) mass is 253 g/mol. The lowest BCUT2D eigenvalue weighted by Crippen LogP contribution is -1.99. The van der Waals surface area contributed by atoms with Gasteiger partial charge in [-0.25, -0.2) is 0 Å². The van der Waals surface area contributed by atoms with Gasteiger partial charge in [0.05, 0.1) is 0 Å². The lowest BCUT2D eigenvalue weighted by Gasteiger charge is -2.18. The second-order valence-corrected chi connectivity index (χ2v) is 5.49. The van der Waals surface area contributed by atoms with Gasteiger partial charge in [0, 0.05) is 6.54 Å². The Kier molecular flexibility index (Phi) is 3.77. The molecule has 100 valence electrons. The Morgan fingerprint density at radius 1 is 0.789 bits per heavy atom. The third-order valence-electron chi connectivity index (χ3n) is 4.16. The molecule has 0 unspecified atom stereocenters. The van der Waals surface area contributed by atoms with Crippen LogP contribution in [0.3, 0.4) is 0 Å². The highest BCUT2D eigenvalue weighted by molar-refractivity contribution is 5.76. The minimum Gasteiger partial charge on any atom is -0.326 e. The molecule has 0 radical (unpaired) electrons. The van der Waals surface area contributed by atoms with Gasteiger partial charge in [0.15, 0.2) is 0 Å². The number of nitrogens with two attached hydrogens (primary N) is 1. The summed E-state index contributed by atoms with van der Waals surface area (Å²) < 4.78 is 0. The predicted molar refractivity (Wildman–Crippen MR) is 83.5 cm³/mol. The van der Waals surface area contributed by atoms with E-state index in [9.17, 15) is 0 Å². The van der Waals surface area contributed by atoms with Crippen LogP contribution in [0.15, 0.2) is 24.3 Å². The zero-order valence-electron chi connectivity index (χ0n) is 12.6. The highest BCUT2D eigenvalue weighted by Crippen LogP contribution is 2.33. The van der Waals surface area contributed by atoms with Crippen LogP contribution in [0.2, 0.25) is 0 Å². The van der Waals surface area contributed by atoms with Crippen molar-refractivity contribution in [1.29, 1.82) is 0 Å². The minimum atomic E-state index is 0.603. The number of aryl methyl sites for hydroxylation is 3. The molecule has 2 rings (SSSR count). The Bertz CT molecular complexity index is 598. The predicted octanol–water partition coefficient (Wildman–Crippen LogP) is 4.35. The van der Waals surface area contributed by atoms with Crippen LogP contribution in [0.25, 0.3) is 11.1 Å². The normalized spacial score (nSPS) is 10.8. The minimum absolute atomic E-state index is 0.603. The summed E-state index contributed by atoms with van der Waals surface area (Å²) in [4.78, 5) is 0. The molecule has 0 aliphatic heterocycles. The molecule has 0 heterocycles. The fraction of sp³-hybridized carbons (Fsp3) is 0.333. The van der Waals surface area contributed by atoms with Crippen LogP contribution in [0, 0.1) is 34.6 Å². The Balaban J connectivity index is 2.72. The lowest BCUT2D eigenvalue weighted by atomic mass is 9.87. The molecular weight excluding hydrogens is 230 g/mol. The van der Waals surface area contributed by atoms with Gasteiger partial charge in [-0.05, 0) is 79.1 Å². The molecule has 0 saturated heterocycles. The van der Waals surface area contributed by atoms with Crippen molar-refractivity contribution in [2.45, 2.75) is 41.2 Å². The molecule has 0 aliphatic carbocycles. The average Bonchev–Trinajstić information content (AvgIpc) is 2.38. The molecule has 1 heteroatoms. The summed E-state index contributed by atoms with van der Waals surface area (Å²) in [6.07, 6.45) is 0. The molecule has 0 amide bonds. The van der Waals surface area contributed by atoms with Crippen LogP contribution in [0.1, 0.15) is 33.4 Å². The third kappa shape index (κ3) is 2.43. The van der Waals surface area contributed by atoms with Crippen molar-refractivity contribution in [2.24, 2.45) is 5.73 Å². The molecule has 0 bridgehead atoms. The Labute approximate surface area is 116 Å². The van der Waals surface area contributed by atoms with E-state index < -0.39 is 0 Å². The van der Waals surface area contributed by atoms with Crippen LogP contribution in [-0.4, -0.2) is 0 Å². The molecule has 2 N–H and O–H groups in total. The zero-order valence-corrected chi connectivity index (χ0v) is 12.6. The first-order valence-electron chi connectivity index (χ1n) is 6.83. The van der Waals surface area contributed by atoms with Crippen LogP contribution in [0.5, 0.6) is 0 Å². The fourth-order valence-corrected chi connectivity index (χ4v) is 2.75. The van der Waals surface area contributed by atoms with Crippen molar-refractivity contribution in [2.75, 3.05) is 0 Å². The molecule has 0 atom stereocenters. The maximum absolute atomic E-state index is 5.72. The average molecular weight is 253 g/mol. The first-order chi connectivity index (χ1) is 8.95. The molecule has 19 heavy (non-hydrogen) atoms. The summed E-state index contributed by atoms with van der Waals surface area (Å²) in [6.45, 7) is 11.6. The van der Waals surface area contributed by atoms with E-state index in [-0.39, 0.29) is 0 Å². The van der Waals surface area contributed by atoms with Crippen molar-refractivity contribution < 1.29 is 0 Å². The van der Waals surface area contributed by atoms with Crippen molar-refractivity contribution >= 4 is 0 Å². The van der Waals surface area contributed by atoms with Gasteiger partial charge >= 0.3 is 0 Å². The maximum atomic E-state index is 5.72. The van der Waals surface area contributed by atoms with Crippen molar-refractivity contribution in [1.82, 2.24) is 0 Å². The van der Waals surface area contributed by atoms with Crippen LogP contribution in [0.4, 0.5) is 0 Å². The maximum Gasteiger partial charge on any atom is 0.0178 e. The summed E-state index contributed by atoms with van der Waals surface area (Å²) in [5.41, 5.74) is 16.4. The summed E-state index contributed by atoms with van der Waals surface area (Å²) in [5, 5.41) is 0. The van der Waals surface area contributed by atoms with E-state index in [0.29, 0.717) is 6.54 Å². The van der Waals surface area contributed by atoms with E-state index in [1.54, 1.807) is 0 Å². The number of hydrogen-bond acceptors (Lipinski definition) is 1. The SMILES string of the molecule is Cc1cc(CN)ccc1-c1c(C)c(C)cc(C)c1C. The van der Waals surface area contributed by atoms with E-state index in [0.717, 1.165) is 0 Å². The van der Waals surface area contributed by atoms with Crippen molar-refractivity contribution in [3.8, 4) is 11.1 Å². The van der Waals surface area contributed by atoms with Crippen LogP contribution < -0.4 is 5.73 Å². The Morgan fingerprint density at radius 2 is 1.37 bits per heavy atom. The smallest absolute Gasteiger partial charge is 0.0178 e. The third-order valence-corrected chi connectivity index (χ3v) is 4.16. The van der Waals surface area contributed by atoms with Crippen molar-refractivity contribution in [3.63, 3.8) is 0 Å². The summed E-state index contributed by atoms with van der Waals surface area (Å²) in [6, 6.07) is 8.83. The molecule has 2 aromatic rings. The van der Waals surface area contributed by atoms with E-state index in [2.05, 4.69) is 58.9 Å². The number of benzene rings is 2. The van der Waals surface area contributed by atoms with Gasteiger partial charge in [-0.2, -0.15) is 0 Å². The lowest BCUT2D eigenvalue weighted by molar-refractivity contribution is 1.07. The molecule has 1 nitrogen and oxygen atoms in total. The van der Waals surface area contributed by atoms with Crippen molar-refractivity contribution in [3.05, 3.63) is 57.6 Å². The second-order valence-electron chi connectivity index (χ2n) is 5.49. The largest absolute Gasteiger partial charge is 0.326 e. The molecule has 0 saturated carbocycles. The van der Waals surface area contributed by atoms with Crippen LogP contribution in [-0.2, 0) is 6.54 Å². The second kappa shape index (κ2) is 5.18. The number of rotatable bonds is 2. The molecule has 0 spiro atoms. The molecule has 0 aromatic heterocycles. The van der Waals surface area contributed by atoms with Gasteiger partial charge in [0.1, 0.15) is 0 Å². The van der Waals surface area contributed by atoms with Gasteiger partial charge in [-0.1, -0.05) is 24.3 Å². The van der Waals surface area contributed by atoms with E-state index >= 15 is 0 Å². The molecule has 2 aromatic carbocycles. The van der Waals surface area contributed by atoms with Gasteiger partial charge in [0.2, 0.25) is 0 Å². The molecular formula is C18H23N. The van der Waals surface area contributed by atoms with Gasteiger partial charge < -0.3 is 5.73 Å². The topological polar surface area (TPSA) is 26.0 Å². The first kappa shape index (κ1) is 13.8. The summed E-state index contributed by atoms with van der Waals surface area (Å²) in [5.74, 6) is 0. The van der Waals surface area contributed by atoms with E-state index in [4.69, 9.17) is 5.73 Å². The highest BCUT2D eigenvalue weighted by atomic mass is 14.5. The van der Waals surface area contributed by atoms with E-state index in [1.165, 1.54) is 44.5 Å². The first-order valence-corrected chi connectivity index (χ1v) is 6.83. The quantitative estimate of drug-likeness (QED) is 0.845. The fourth-order valence-electron chi connectivity index (χ4n) is 2.75. The standard InChI is InChI=1S/C18H23N/c1-11-8-12(2)15(5)18(14(11)4)17-7-6-16(10-19)9-13(17)3/h6-9H,10,19H2,1-5H3. The summed E-state index contributed by atoms with van der Waals surface area (Å²) in [7, 11) is 0.